The van der Waals surface area contributed by atoms with E-state index in [9.17, 15) is 40.5 Å². The zero-order valence-electron chi connectivity index (χ0n) is 35.6. The van der Waals surface area contributed by atoms with Crippen LogP contribution in [0.5, 0.6) is 0 Å². The standard InChI is InChI=1S/C44H70O14/c1-22-30(49)34(58-37-35(55-23(2)47)32(51)31(50)24(19-45)56-37)33(52)36(54-22)57-29-11-12-39(5)25(40(29,6)20-46)9-13-41(7)26(39)10-14-44-27-17-38(3,4)15-16-43(27,21-53-44)28(48)18-42(41,44)8/h10,14,22,24-37,45-46,48-52H,9,11-13,15-21H2,1-8H3. The molecule has 3 heterocycles. The molecule has 14 heteroatoms. The van der Waals surface area contributed by atoms with Crippen LogP contribution in [0.15, 0.2) is 12.2 Å². The number of rotatable bonds is 7. The van der Waals surface area contributed by atoms with Crippen molar-refractivity contribution in [1.29, 1.82) is 0 Å². The first kappa shape index (κ1) is 43.4. The van der Waals surface area contributed by atoms with Crippen molar-refractivity contribution in [3.63, 3.8) is 0 Å². The van der Waals surface area contributed by atoms with Gasteiger partial charge in [0.25, 0.3) is 0 Å². The molecule has 7 N–H and O–H groups in total. The largest absolute Gasteiger partial charge is 0.454 e. The topological polar surface area (TPSA) is 214 Å². The molecule has 7 fully saturated rings. The summed E-state index contributed by atoms with van der Waals surface area (Å²) in [7, 11) is 0. The highest BCUT2D eigenvalue weighted by molar-refractivity contribution is 5.66. The van der Waals surface area contributed by atoms with Gasteiger partial charge in [-0.3, -0.25) is 4.79 Å². The molecule has 0 aromatic rings. The number of carbonyl (C=O) groups is 1. The molecular weight excluding hydrogens is 752 g/mol. The zero-order chi connectivity index (χ0) is 42.2. The van der Waals surface area contributed by atoms with Gasteiger partial charge in [-0.25, -0.2) is 0 Å². The second kappa shape index (κ2) is 14.4. The van der Waals surface area contributed by atoms with Crippen LogP contribution in [0.25, 0.3) is 0 Å². The normalized spacial score (nSPS) is 57.1. The van der Waals surface area contributed by atoms with Crippen LogP contribution >= 0.6 is 0 Å². The lowest BCUT2D eigenvalue weighted by Crippen LogP contribution is -2.72. The van der Waals surface area contributed by atoms with Crippen LogP contribution in [0.2, 0.25) is 0 Å². The fourth-order valence-corrected chi connectivity index (χ4v) is 14.6. The summed E-state index contributed by atoms with van der Waals surface area (Å²) in [5, 5.41) is 77.6. The van der Waals surface area contributed by atoms with Gasteiger partial charge in [-0.15, -0.1) is 0 Å². The molecule has 8 aliphatic rings. The van der Waals surface area contributed by atoms with E-state index >= 15 is 0 Å². The van der Waals surface area contributed by atoms with E-state index < -0.39 is 97.2 Å². The molecule has 3 saturated heterocycles. The molecule has 14 nitrogen and oxygen atoms in total. The molecule has 2 bridgehead atoms. The molecular formula is C44H70O14. The Balaban J connectivity index is 1.05. The quantitative estimate of drug-likeness (QED) is 0.112. The van der Waals surface area contributed by atoms with Gasteiger partial charge in [0.2, 0.25) is 0 Å². The van der Waals surface area contributed by atoms with Crippen molar-refractivity contribution in [2.75, 3.05) is 19.8 Å². The number of hydrogen-bond acceptors (Lipinski definition) is 14. The number of aliphatic hydroxyl groups excluding tert-OH is 7. The van der Waals surface area contributed by atoms with Crippen molar-refractivity contribution < 1.29 is 69.0 Å². The molecule has 3 aliphatic heterocycles. The minimum atomic E-state index is -1.69. The number of esters is 1. The minimum absolute atomic E-state index is 0.0223. The van der Waals surface area contributed by atoms with Gasteiger partial charge < -0.3 is 64.2 Å². The average Bonchev–Trinajstić information content (AvgIpc) is 3.44. The predicted octanol–water partition coefficient (Wildman–Crippen LogP) is 2.35. The molecule has 1 spiro atoms. The maximum atomic E-state index is 12.2. The summed E-state index contributed by atoms with van der Waals surface area (Å²) in [6.45, 7) is 16.4. The smallest absolute Gasteiger partial charge is 0.303 e. The number of fused-ring (bicyclic) bond motifs is 4. The third-order valence-corrected chi connectivity index (χ3v) is 18.2. The highest BCUT2D eigenvalue weighted by atomic mass is 16.7. The Morgan fingerprint density at radius 1 is 0.793 bits per heavy atom. The molecule has 4 saturated carbocycles. The monoisotopic (exact) mass is 822 g/mol. The van der Waals surface area contributed by atoms with Crippen LogP contribution < -0.4 is 0 Å². The first-order valence-electron chi connectivity index (χ1n) is 21.8. The molecule has 0 aromatic carbocycles. The molecule has 21 atom stereocenters. The van der Waals surface area contributed by atoms with Gasteiger partial charge >= 0.3 is 5.97 Å². The van der Waals surface area contributed by atoms with Gasteiger partial charge in [-0.05, 0) is 86.4 Å². The van der Waals surface area contributed by atoms with Crippen molar-refractivity contribution in [3.8, 4) is 0 Å². The first-order valence-corrected chi connectivity index (χ1v) is 21.8. The number of allylic oxidation sites excluding steroid dienone is 1. The van der Waals surface area contributed by atoms with Gasteiger partial charge in [0, 0.05) is 29.1 Å². The number of aliphatic hydroxyl groups is 7. The summed E-state index contributed by atoms with van der Waals surface area (Å²) in [6.07, 6.45) is -3.57. The Hall–Kier alpha value is -1.27. The molecule has 330 valence electrons. The van der Waals surface area contributed by atoms with E-state index in [1.165, 1.54) is 0 Å². The van der Waals surface area contributed by atoms with Crippen LogP contribution in [-0.4, -0.2) is 141 Å². The van der Waals surface area contributed by atoms with E-state index in [0.29, 0.717) is 19.4 Å². The third kappa shape index (κ3) is 5.89. The predicted molar refractivity (Wildman–Crippen MR) is 206 cm³/mol. The summed E-state index contributed by atoms with van der Waals surface area (Å²) in [5.74, 6) is -0.382. The Labute approximate surface area is 342 Å². The molecule has 0 aromatic heterocycles. The zero-order valence-corrected chi connectivity index (χ0v) is 35.6. The van der Waals surface area contributed by atoms with Gasteiger partial charge in [0.15, 0.2) is 18.7 Å². The molecule has 5 aliphatic carbocycles. The van der Waals surface area contributed by atoms with Crippen LogP contribution in [-0.2, 0) is 33.2 Å². The molecule has 0 radical (unpaired) electrons. The van der Waals surface area contributed by atoms with Crippen molar-refractivity contribution in [2.45, 2.75) is 186 Å². The molecule has 21 unspecified atom stereocenters. The second-order valence-corrected chi connectivity index (χ2v) is 21.5. The summed E-state index contributed by atoms with van der Waals surface area (Å²) in [6, 6.07) is 0. The number of hydrogen-bond donors (Lipinski definition) is 7. The lowest BCUT2D eigenvalue weighted by Gasteiger charge is -2.73. The molecule has 0 amide bonds. The summed E-state index contributed by atoms with van der Waals surface area (Å²) >= 11 is 0. The maximum Gasteiger partial charge on any atom is 0.303 e. The maximum absolute atomic E-state index is 12.2. The van der Waals surface area contributed by atoms with Crippen molar-refractivity contribution >= 4 is 5.97 Å². The van der Waals surface area contributed by atoms with Crippen molar-refractivity contribution in [1.82, 2.24) is 0 Å². The van der Waals surface area contributed by atoms with E-state index in [0.717, 1.165) is 45.4 Å². The molecule has 8 rings (SSSR count). The van der Waals surface area contributed by atoms with Crippen LogP contribution in [0.4, 0.5) is 0 Å². The van der Waals surface area contributed by atoms with Gasteiger partial charge in [0.05, 0.1) is 43.7 Å². The Morgan fingerprint density at radius 2 is 1.52 bits per heavy atom. The van der Waals surface area contributed by atoms with Crippen LogP contribution in [0, 0.1) is 50.2 Å². The Bertz CT molecular complexity index is 1610. The van der Waals surface area contributed by atoms with E-state index in [2.05, 4.69) is 53.7 Å². The van der Waals surface area contributed by atoms with Crippen LogP contribution in [0.3, 0.4) is 0 Å². The second-order valence-electron chi connectivity index (χ2n) is 21.5. The summed E-state index contributed by atoms with van der Waals surface area (Å²) in [4.78, 5) is 12.0. The SMILES string of the molecule is CC(=O)OC1C(OC2C(O)C(C)OC(OC3CCC4(C)C(CCC5(C)C4C=CC46OCC7(CCC(C)(C)CC74)C(O)CC56C)C3(C)CO)C2O)OC(CO)C(O)C1O. The van der Waals surface area contributed by atoms with Crippen LogP contribution in [0.1, 0.15) is 107 Å². The third-order valence-electron chi connectivity index (χ3n) is 18.2. The fourth-order valence-electron chi connectivity index (χ4n) is 14.6. The Kier molecular flexibility index (Phi) is 10.8. The number of carbonyl (C=O) groups excluding carboxylic acids is 1. The minimum Gasteiger partial charge on any atom is -0.454 e. The molecule has 58 heavy (non-hydrogen) atoms. The highest BCUT2D eigenvalue weighted by Crippen LogP contribution is 2.79. The van der Waals surface area contributed by atoms with E-state index in [1.54, 1.807) is 6.92 Å². The average molecular weight is 823 g/mol. The van der Waals surface area contributed by atoms with Gasteiger partial charge in [-0.1, -0.05) is 53.7 Å². The van der Waals surface area contributed by atoms with Gasteiger partial charge in [0.1, 0.15) is 36.6 Å². The van der Waals surface area contributed by atoms with Gasteiger partial charge in [-0.2, -0.15) is 0 Å². The fraction of sp³-hybridized carbons (Fsp3) is 0.932. The van der Waals surface area contributed by atoms with E-state index in [-0.39, 0.29) is 51.4 Å². The number of ether oxygens (including phenoxy) is 6. The first-order chi connectivity index (χ1) is 27.1. The van der Waals surface area contributed by atoms with Crippen molar-refractivity contribution in [3.05, 3.63) is 12.2 Å². The Morgan fingerprint density at radius 3 is 2.19 bits per heavy atom. The lowest BCUT2D eigenvalue weighted by molar-refractivity contribution is -0.368. The summed E-state index contributed by atoms with van der Waals surface area (Å²) < 4.78 is 36.9. The van der Waals surface area contributed by atoms with E-state index in [4.69, 9.17) is 28.4 Å². The van der Waals surface area contributed by atoms with Crippen molar-refractivity contribution in [2.24, 2.45) is 50.2 Å². The lowest BCUT2D eigenvalue weighted by atomic mass is 9.32. The highest BCUT2D eigenvalue weighted by Gasteiger charge is 2.79. The summed E-state index contributed by atoms with van der Waals surface area (Å²) in [5.41, 5.74) is -2.00. The van der Waals surface area contributed by atoms with E-state index in [1.807, 2.05) is 0 Å².